The van der Waals surface area contributed by atoms with Gasteiger partial charge < -0.3 is 25.3 Å². The van der Waals surface area contributed by atoms with E-state index in [1.165, 1.54) is 26.4 Å². The average molecular weight is 403 g/mol. The van der Waals surface area contributed by atoms with Crippen LogP contribution in [0.15, 0.2) is 36.4 Å². The van der Waals surface area contributed by atoms with Crippen molar-refractivity contribution in [1.82, 2.24) is 5.32 Å². The number of methoxy groups -OCH3 is 2. The lowest BCUT2D eigenvalue weighted by molar-refractivity contribution is -0.383. The summed E-state index contributed by atoms with van der Waals surface area (Å²) in [5, 5.41) is 13.6. The fraction of sp³-hybridized carbons (Fsp3) is 0.263. The monoisotopic (exact) mass is 403 g/mol. The van der Waals surface area contributed by atoms with Gasteiger partial charge in [0.2, 0.25) is 0 Å². The fourth-order valence-corrected chi connectivity index (χ4v) is 2.58. The number of nitrogens with zero attached hydrogens (tertiary/aromatic N) is 1. The molecule has 2 aromatic carbocycles. The van der Waals surface area contributed by atoms with Crippen LogP contribution in [0.25, 0.3) is 0 Å². The van der Waals surface area contributed by atoms with Crippen LogP contribution in [0.2, 0.25) is 0 Å². The number of nitro groups is 1. The van der Waals surface area contributed by atoms with E-state index in [1.54, 1.807) is 25.1 Å². The van der Waals surface area contributed by atoms with Crippen molar-refractivity contribution in [2.45, 2.75) is 13.0 Å². The molecule has 0 fully saturated rings. The fourth-order valence-electron chi connectivity index (χ4n) is 2.58. The van der Waals surface area contributed by atoms with Crippen LogP contribution >= 0.6 is 0 Å². The third-order valence-electron chi connectivity index (χ3n) is 4.08. The first kappa shape index (κ1) is 21.5. The molecule has 0 aliphatic carbocycles. The molecule has 0 heterocycles. The lowest BCUT2D eigenvalue weighted by Crippen LogP contribution is -2.31. The molecule has 3 N–H and O–H groups in total. The van der Waals surface area contributed by atoms with Gasteiger partial charge in [0.25, 0.3) is 11.6 Å². The minimum Gasteiger partial charge on any atom is -0.497 e. The van der Waals surface area contributed by atoms with Crippen LogP contribution in [0.5, 0.6) is 11.5 Å². The molecule has 0 radical (unpaired) electrons. The Labute approximate surface area is 166 Å². The molecule has 10 heteroatoms. The van der Waals surface area contributed by atoms with Crippen molar-refractivity contribution in [3.63, 3.8) is 0 Å². The number of rotatable bonds is 8. The second-order valence-electron chi connectivity index (χ2n) is 6.00. The third-order valence-corrected chi connectivity index (χ3v) is 4.08. The molecule has 0 aliphatic heterocycles. The van der Waals surface area contributed by atoms with Gasteiger partial charge in [-0.1, -0.05) is 0 Å². The second-order valence-corrected chi connectivity index (χ2v) is 6.00. The normalized spacial score (nSPS) is 11.3. The molecule has 29 heavy (non-hydrogen) atoms. The van der Waals surface area contributed by atoms with E-state index < -0.39 is 35.1 Å². The van der Waals surface area contributed by atoms with E-state index in [-0.39, 0.29) is 11.3 Å². The van der Waals surface area contributed by atoms with Gasteiger partial charge in [-0.05, 0) is 37.3 Å². The Morgan fingerprint density at radius 1 is 1.17 bits per heavy atom. The van der Waals surface area contributed by atoms with Gasteiger partial charge in [0.05, 0.1) is 30.7 Å². The first-order valence-corrected chi connectivity index (χ1v) is 8.49. The summed E-state index contributed by atoms with van der Waals surface area (Å²) in [6, 6.07) is 8.22. The standard InChI is InChI=1S/C19H21N3O7/c1-11(14-9-13(27-2)5-7-17(14)28-3)21-18(23)10-29-19(24)12-4-6-15(20)16(8-12)22(25)26/h4-9,11H,10,20H2,1-3H3,(H,21,23)/t11-/m1/s1. The van der Waals surface area contributed by atoms with E-state index in [0.717, 1.165) is 6.07 Å². The molecular formula is C19H21N3O7. The topological polar surface area (TPSA) is 143 Å². The number of benzene rings is 2. The molecule has 0 aliphatic rings. The Hall–Kier alpha value is -3.82. The molecule has 0 bridgehead atoms. The Balaban J connectivity index is 2.00. The number of hydrogen-bond acceptors (Lipinski definition) is 8. The molecule has 10 nitrogen and oxygen atoms in total. The second kappa shape index (κ2) is 9.40. The van der Waals surface area contributed by atoms with Crippen LogP contribution in [-0.2, 0) is 9.53 Å². The van der Waals surface area contributed by atoms with Crippen molar-refractivity contribution >= 4 is 23.3 Å². The molecule has 0 unspecified atom stereocenters. The summed E-state index contributed by atoms with van der Waals surface area (Å²) in [6.07, 6.45) is 0. The molecule has 1 atom stereocenters. The number of carbonyl (C=O) groups is 2. The zero-order valence-corrected chi connectivity index (χ0v) is 16.1. The molecule has 2 rings (SSSR count). The maximum absolute atomic E-state index is 12.2. The summed E-state index contributed by atoms with van der Waals surface area (Å²) in [4.78, 5) is 34.4. The summed E-state index contributed by atoms with van der Waals surface area (Å²) in [7, 11) is 3.03. The molecular weight excluding hydrogens is 382 g/mol. The number of nitrogen functional groups attached to an aromatic ring is 1. The van der Waals surface area contributed by atoms with Gasteiger partial charge in [-0.25, -0.2) is 4.79 Å². The predicted molar refractivity (Wildman–Crippen MR) is 104 cm³/mol. The van der Waals surface area contributed by atoms with Crippen LogP contribution in [0.1, 0.15) is 28.9 Å². The summed E-state index contributed by atoms with van der Waals surface area (Å²) in [5.41, 5.74) is 5.60. The van der Waals surface area contributed by atoms with E-state index >= 15 is 0 Å². The Bertz CT molecular complexity index is 930. The SMILES string of the molecule is COc1ccc(OC)c([C@@H](C)NC(=O)COC(=O)c2ccc(N)c([N+](=O)[O-])c2)c1. The summed E-state index contributed by atoms with van der Waals surface area (Å²) in [5.74, 6) is -0.279. The number of nitro benzene ring substituents is 1. The van der Waals surface area contributed by atoms with Gasteiger partial charge in [-0.2, -0.15) is 0 Å². The highest BCUT2D eigenvalue weighted by molar-refractivity contribution is 5.92. The van der Waals surface area contributed by atoms with Crippen LogP contribution in [-0.4, -0.2) is 37.6 Å². The molecule has 2 aromatic rings. The quantitative estimate of drug-likeness (QED) is 0.296. The van der Waals surface area contributed by atoms with Crippen molar-refractivity contribution in [2.75, 3.05) is 26.6 Å². The lowest BCUT2D eigenvalue weighted by Gasteiger charge is -2.18. The van der Waals surface area contributed by atoms with E-state index in [9.17, 15) is 19.7 Å². The number of nitrogens with two attached hydrogens (primary N) is 1. The lowest BCUT2D eigenvalue weighted by atomic mass is 10.1. The van der Waals surface area contributed by atoms with Crippen molar-refractivity contribution in [1.29, 1.82) is 0 Å². The van der Waals surface area contributed by atoms with Crippen LogP contribution < -0.4 is 20.5 Å². The number of amides is 1. The Kier molecular flexibility index (Phi) is 6.96. The third kappa shape index (κ3) is 5.34. The van der Waals surface area contributed by atoms with Gasteiger partial charge in [0.15, 0.2) is 6.61 Å². The number of anilines is 1. The van der Waals surface area contributed by atoms with Gasteiger partial charge in [-0.15, -0.1) is 0 Å². The smallest absolute Gasteiger partial charge is 0.338 e. The van der Waals surface area contributed by atoms with E-state index in [0.29, 0.717) is 17.1 Å². The number of hydrogen-bond donors (Lipinski definition) is 2. The minimum atomic E-state index is -0.880. The molecule has 154 valence electrons. The van der Waals surface area contributed by atoms with E-state index in [2.05, 4.69) is 5.32 Å². The highest BCUT2D eigenvalue weighted by Gasteiger charge is 2.19. The van der Waals surface area contributed by atoms with Crippen LogP contribution in [0, 0.1) is 10.1 Å². The zero-order chi connectivity index (χ0) is 21.6. The molecule has 1 amide bonds. The maximum Gasteiger partial charge on any atom is 0.338 e. The van der Waals surface area contributed by atoms with Crippen molar-refractivity contribution in [3.05, 3.63) is 57.6 Å². The van der Waals surface area contributed by atoms with E-state index in [1.807, 2.05) is 0 Å². The predicted octanol–water partition coefficient (Wildman–Crippen LogP) is 2.23. The summed E-state index contributed by atoms with van der Waals surface area (Å²) in [6.45, 7) is 1.17. The number of ether oxygens (including phenoxy) is 3. The van der Waals surface area contributed by atoms with Crippen LogP contribution in [0.4, 0.5) is 11.4 Å². The zero-order valence-electron chi connectivity index (χ0n) is 16.1. The number of esters is 1. The van der Waals surface area contributed by atoms with Gasteiger partial charge in [0, 0.05) is 11.6 Å². The molecule has 0 spiro atoms. The number of carbonyl (C=O) groups excluding carboxylic acids is 2. The van der Waals surface area contributed by atoms with Crippen molar-refractivity contribution in [2.24, 2.45) is 0 Å². The molecule has 0 saturated heterocycles. The first-order chi connectivity index (χ1) is 13.8. The van der Waals surface area contributed by atoms with E-state index in [4.69, 9.17) is 19.9 Å². The average Bonchev–Trinajstić information content (AvgIpc) is 2.71. The largest absolute Gasteiger partial charge is 0.497 e. The van der Waals surface area contributed by atoms with Crippen molar-refractivity contribution in [3.8, 4) is 11.5 Å². The first-order valence-electron chi connectivity index (χ1n) is 8.49. The Morgan fingerprint density at radius 3 is 2.52 bits per heavy atom. The minimum absolute atomic E-state index is 0.0784. The number of nitrogens with one attached hydrogen (secondary N) is 1. The molecule has 0 saturated carbocycles. The highest BCUT2D eigenvalue weighted by Crippen LogP contribution is 2.29. The maximum atomic E-state index is 12.2. The van der Waals surface area contributed by atoms with Gasteiger partial charge in [0.1, 0.15) is 17.2 Å². The Morgan fingerprint density at radius 2 is 1.90 bits per heavy atom. The van der Waals surface area contributed by atoms with Gasteiger partial charge in [-0.3, -0.25) is 14.9 Å². The van der Waals surface area contributed by atoms with Gasteiger partial charge >= 0.3 is 5.97 Å². The van der Waals surface area contributed by atoms with Crippen LogP contribution in [0.3, 0.4) is 0 Å². The molecule has 0 aromatic heterocycles. The summed E-state index contributed by atoms with van der Waals surface area (Å²) >= 11 is 0. The summed E-state index contributed by atoms with van der Waals surface area (Å²) < 4.78 is 15.4. The highest BCUT2D eigenvalue weighted by atomic mass is 16.6. The van der Waals surface area contributed by atoms with Crippen molar-refractivity contribution < 1.29 is 28.7 Å².